The zero-order valence-electron chi connectivity index (χ0n) is 11.6. The van der Waals surface area contributed by atoms with Gasteiger partial charge in [-0.05, 0) is 13.3 Å². The lowest BCUT2D eigenvalue weighted by molar-refractivity contribution is -0.177. The van der Waals surface area contributed by atoms with Crippen LogP contribution in [0.1, 0.15) is 52.4 Å². The maximum absolute atomic E-state index is 13.2. The molecule has 0 unspecified atom stereocenters. The lowest BCUT2D eigenvalue weighted by Gasteiger charge is -2.14. The van der Waals surface area contributed by atoms with Gasteiger partial charge in [0.15, 0.2) is 0 Å². The SMILES string of the molecule is CCCCCCCCNC(=O)C(F)(F)C(=O)OCC. The van der Waals surface area contributed by atoms with E-state index in [9.17, 15) is 18.4 Å². The predicted molar refractivity (Wildman–Crippen MR) is 68.0 cm³/mol. The van der Waals surface area contributed by atoms with Crippen LogP contribution in [0.25, 0.3) is 0 Å². The molecule has 6 heteroatoms. The predicted octanol–water partition coefficient (Wildman–Crippen LogP) is 2.66. The van der Waals surface area contributed by atoms with Crippen LogP contribution in [0.2, 0.25) is 0 Å². The third-order valence-electron chi connectivity index (χ3n) is 2.63. The van der Waals surface area contributed by atoms with Crippen molar-refractivity contribution in [1.82, 2.24) is 5.32 Å². The van der Waals surface area contributed by atoms with Gasteiger partial charge in [0, 0.05) is 6.54 Å². The number of amides is 1. The molecule has 0 saturated heterocycles. The van der Waals surface area contributed by atoms with Gasteiger partial charge in [-0.3, -0.25) is 4.79 Å². The molecule has 0 rings (SSSR count). The van der Waals surface area contributed by atoms with E-state index in [0.717, 1.165) is 32.1 Å². The summed E-state index contributed by atoms with van der Waals surface area (Å²) in [6.45, 7) is 3.49. The molecule has 0 radical (unpaired) electrons. The fraction of sp³-hybridized carbons (Fsp3) is 0.846. The molecular formula is C13H23F2NO3. The molecule has 0 aliphatic heterocycles. The second-order valence-corrected chi connectivity index (χ2v) is 4.32. The minimum absolute atomic E-state index is 0.153. The number of esters is 1. The average molecular weight is 279 g/mol. The Bertz CT molecular complexity index is 283. The lowest BCUT2D eigenvalue weighted by atomic mass is 10.1. The molecule has 0 aliphatic rings. The summed E-state index contributed by atoms with van der Waals surface area (Å²) in [5, 5.41) is 2.06. The molecule has 0 aromatic rings. The number of halogens is 2. The first kappa shape index (κ1) is 17.8. The van der Waals surface area contributed by atoms with E-state index in [1.165, 1.54) is 6.92 Å². The van der Waals surface area contributed by atoms with Crippen LogP contribution in [0.5, 0.6) is 0 Å². The fourth-order valence-electron chi connectivity index (χ4n) is 1.53. The summed E-state index contributed by atoms with van der Waals surface area (Å²) in [4.78, 5) is 22.0. The molecule has 4 nitrogen and oxygen atoms in total. The van der Waals surface area contributed by atoms with Crippen molar-refractivity contribution < 1.29 is 23.1 Å². The summed E-state index contributed by atoms with van der Waals surface area (Å²) in [6, 6.07) is 0. The van der Waals surface area contributed by atoms with Crippen molar-refractivity contribution in [2.24, 2.45) is 0 Å². The number of nitrogens with one attached hydrogen (secondary N) is 1. The Labute approximate surface area is 112 Å². The Hall–Kier alpha value is -1.20. The molecule has 0 bridgehead atoms. The molecule has 1 amide bonds. The van der Waals surface area contributed by atoms with E-state index in [-0.39, 0.29) is 13.2 Å². The molecule has 112 valence electrons. The van der Waals surface area contributed by atoms with Crippen LogP contribution in [0.3, 0.4) is 0 Å². The van der Waals surface area contributed by atoms with Crippen molar-refractivity contribution in [3.05, 3.63) is 0 Å². The number of ether oxygens (including phenoxy) is 1. The van der Waals surface area contributed by atoms with Crippen LogP contribution in [0.15, 0.2) is 0 Å². The molecule has 0 aliphatic carbocycles. The number of hydrogen-bond acceptors (Lipinski definition) is 3. The van der Waals surface area contributed by atoms with Gasteiger partial charge in [-0.1, -0.05) is 39.0 Å². The Morgan fingerprint density at radius 2 is 1.63 bits per heavy atom. The van der Waals surface area contributed by atoms with Crippen LogP contribution in [0.4, 0.5) is 8.78 Å². The minimum Gasteiger partial charge on any atom is -0.461 e. The van der Waals surface area contributed by atoms with Crippen molar-refractivity contribution in [1.29, 1.82) is 0 Å². The number of carbonyl (C=O) groups excluding carboxylic acids is 2. The Balaban J connectivity index is 3.81. The van der Waals surface area contributed by atoms with Crippen LogP contribution in [0, 0.1) is 0 Å². The van der Waals surface area contributed by atoms with Gasteiger partial charge in [-0.15, -0.1) is 0 Å². The average Bonchev–Trinajstić information content (AvgIpc) is 2.37. The number of alkyl halides is 2. The molecule has 0 aromatic heterocycles. The summed E-state index contributed by atoms with van der Waals surface area (Å²) >= 11 is 0. The molecule has 0 atom stereocenters. The first-order valence-corrected chi connectivity index (χ1v) is 6.80. The van der Waals surface area contributed by atoms with E-state index in [4.69, 9.17) is 0 Å². The smallest absolute Gasteiger partial charge is 0.418 e. The van der Waals surface area contributed by atoms with E-state index >= 15 is 0 Å². The zero-order chi connectivity index (χ0) is 14.7. The minimum atomic E-state index is -4.10. The van der Waals surface area contributed by atoms with Gasteiger partial charge >= 0.3 is 17.8 Å². The first-order chi connectivity index (χ1) is 8.96. The second-order valence-electron chi connectivity index (χ2n) is 4.32. The number of unbranched alkanes of at least 4 members (excludes halogenated alkanes) is 5. The van der Waals surface area contributed by atoms with E-state index in [2.05, 4.69) is 17.0 Å². The largest absolute Gasteiger partial charge is 0.461 e. The zero-order valence-corrected chi connectivity index (χ0v) is 11.6. The third kappa shape index (κ3) is 7.08. The van der Waals surface area contributed by atoms with Crippen LogP contribution in [-0.4, -0.2) is 31.0 Å². The monoisotopic (exact) mass is 279 g/mol. The fourth-order valence-corrected chi connectivity index (χ4v) is 1.53. The first-order valence-electron chi connectivity index (χ1n) is 6.80. The van der Waals surface area contributed by atoms with Gasteiger partial charge < -0.3 is 10.1 Å². The maximum Gasteiger partial charge on any atom is 0.418 e. The topological polar surface area (TPSA) is 55.4 Å². The number of hydrogen-bond donors (Lipinski definition) is 1. The van der Waals surface area contributed by atoms with Crippen molar-refractivity contribution in [3.8, 4) is 0 Å². The maximum atomic E-state index is 13.2. The standard InChI is InChI=1S/C13H23F2NO3/c1-3-5-6-7-8-9-10-16-11(17)13(14,15)12(18)19-4-2/h3-10H2,1-2H3,(H,16,17). The molecule has 0 saturated carbocycles. The Morgan fingerprint density at radius 1 is 1.05 bits per heavy atom. The summed E-state index contributed by atoms with van der Waals surface area (Å²) < 4.78 is 30.5. The van der Waals surface area contributed by atoms with Crippen LogP contribution >= 0.6 is 0 Å². The van der Waals surface area contributed by atoms with Gasteiger partial charge in [0.2, 0.25) is 0 Å². The number of rotatable bonds is 10. The Kier molecular flexibility index (Phi) is 9.08. The van der Waals surface area contributed by atoms with Gasteiger partial charge in [0.25, 0.3) is 0 Å². The van der Waals surface area contributed by atoms with Crippen LogP contribution < -0.4 is 5.32 Å². The second kappa shape index (κ2) is 9.69. The highest BCUT2D eigenvalue weighted by atomic mass is 19.3. The molecular weight excluding hydrogens is 256 g/mol. The number of carbonyl (C=O) groups is 2. The van der Waals surface area contributed by atoms with Crippen molar-refractivity contribution in [2.45, 2.75) is 58.3 Å². The van der Waals surface area contributed by atoms with Crippen molar-refractivity contribution in [2.75, 3.05) is 13.2 Å². The molecule has 0 spiro atoms. The summed E-state index contributed by atoms with van der Waals surface area (Å²) in [5.41, 5.74) is 0. The van der Waals surface area contributed by atoms with E-state index in [0.29, 0.717) is 6.42 Å². The highest BCUT2D eigenvalue weighted by Crippen LogP contribution is 2.15. The van der Waals surface area contributed by atoms with E-state index < -0.39 is 17.8 Å². The molecule has 1 N–H and O–H groups in total. The van der Waals surface area contributed by atoms with E-state index in [1.54, 1.807) is 0 Å². The quantitative estimate of drug-likeness (QED) is 0.380. The Morgan fingerprint density at radius 3 is 2.21 bits per heavy atom. The van der Waals surface area contributed by atoms with Crippen molar-refractivity contribution in [3.63, 3.8) is 0 Å². The van der Waals surface area contributed by atoms with E-state index in [1.807, 2.05) is 0 Å². The van der Waals surface area contributed by atoms with Gasteiger partial charge in [0.05, 0.1) is 6.61 Å². The van der Waals surface area contributed by atoms with Crippen molar-refractivity contribution >= 4 is 11.9 Å². The molecule has 0 aromatic carbocycles. The summed E-state index contributed by atoms with van der Waals surface area (Å²) in [6.07, 6.45) is 5.96. The highest BCUT2D eigenvalue weighted by molar-refractivity contribution is 6.04. The summed E-state index contributed by atoms with van der Waals surface area (Å²) in [5.74, 6) is -7.48. The highest BCUT2D eigenvalue weighted by Gasteiger charge is 2.48. The molecule has 19 heavy (non-hydrogen) atoms. The van der Waals surface area contributed by atoms with Crippen LogP contribution in [-0.2, 0) is 14.3 Å². The lowest BCUT2D eigenvalue weighted by Crippen LogP contribution is -2.47. The van der Waals surface area contributed by atoms with Gasteiger partial charge in [0.1, 0.15) is 0 Å². The van der Waals surface area contributed by atoms with Gasteiger partial charge in [-0.2, -0.15) is 8.78 Å². The summed E-state index contributed by atoms with van der Waals surface area (Å²) in [7, 11) is 0. The normalized spacial score (nSPS) is 11.2. The molecule has 0 fully saturated rings. The van der Waals surface area contributed by atoms with Gasteiger partial charge in [-0.25, -0.2) is 4.79 Å². The molecule has 0 heterocycles. The third-order valence-corrected chi connectivity index (χ3v) is 2.63.